The molecule has 9 nitrogen and oxygen atoms in total. The summed E-state index contributed by atoms with van der Waals surface area (Å²) >= 11 is 0. The second-order valence-electron chi connectivity index (χ2n) is 9.78. The van der Waals surface area contributed by atoms with E-state index in [1.807, 2.05) is 0 Å². The summed E-state index contributed by atoms with van der Waals surface area (Å²) in [7, 11) is 2.13. The SMILES string of the molecule is C=CC(=O)Nc1cc2c(Nc3ccnc(-c4c(F)cccc4F)c3)ncnc2cc1OCCCN1CCN(C)CC1. The summed E-state index contributed by atoms with van der Waals surface area (Å²) in [5, 5.41) is 6.59. The number of aromatic nitrogens is 3. The number of carbonyl (C=O) groups excluding carboxylic acids is 1. The minimum absolute atomic E-state index is 0.134. The van der Waals surface area contributed by atoms with Crippen molar-refractivity contribution in [3.63, 3.8) is 0 Å². The first-order valence-electron chi connectivity index (χ1n) is 13.3. The lowest BCUT2D eigenvalue weighted by Crippen LogP contribution is -2.44. The third-order valence-electron chi connectivity index (χ3n) is 6.89. The zero-order chi connectivity index (χ0) is 28.8. The Balaban J connectivity index is 1.38. The lowest BCUT2D eigenvalue weighted by atomic mass is 10.1. The number of pyridine rings is 1. The Kier molecular flexibility index (Phi) is 8.76. The maximum absolute atomic E-state index is 14.4. The maximum atomic E-state index is 14.4. The van der Waals surface area contributed by atoms with E-state index >= 15 is 0 Å². The van der Waals surface area contributed by atoms with Gasteiger partial charge in [-0.05, 0) is 49.9 Å². The molecule has 0 spiro atoms. The predicted molar refractivity (Wildman–Crippen MR) is 155 cm³/mol. The van der Waals surface area contributed by atoms with Crippen molar-refractivity contribution in [3.8, 4) is 17.0 Å². The Bertz CT molecular complexity index is 1540. The van der Waals surface area contributed by atoms with Crippen molar-refractivity contribution in [3.05, 3.63) is 79.3 Å². The van der Waals surface area contributed by atoms with Crippen molar-refractivity contribution in [2.45, 2.75) is 6.42 Å². The molecule has 1 amide bonds. The summed E-state index contributed by atoms with van der Waals surface area (Å²) in [4.78, 5) is 29.9. The first-order chi connectivity index (χ1) is 19.9. The van der Waals surface area contributed by atoms with Gasteiger partial charge in [-0.15, -0.1) is 0 Å². The van der Waals surface area contributed by atoms with Crippen LogP contribution in [-0.4, -0.2) is 77.0 Å². The van der Waals surface area contributed by atoms with Gasteiger partial charge in [-0.3, -0.25) is 9.78 Å². The third kappa shape index (κ3) is 6.82. The predicted octanol–water partition coefficient (Wildman–Crippen LogP) is 4.85. The molecular weight excluding hydrogens is 528 g/mol. The summed E-state index contributed by atoms with van der Waals surface area (Å²) in [5.41, 5.74) is 1.47. The number of carbonyl (C=O) groups is 1. The molecule has 0 aliphatic carbocycles. The molecule has 5 rings (SSSR count). The van der Waals surface area contributed by atoms with E-state index in [4.69, 9.17) is 4.74 Å². The number of benzene rings is 2. The number of amides is 1. The lowest BCUT2D eigenvalue weighted by molar-refractivity contribution is -0.111. The number of halogens is 2. The van der Waals surface area contributed by atoms with E-state index in [0.717, 1.165) is 39.1 Å². The lowest BCUT2D eigenvalue weighted by Gasteiger charge is -2.32. The molecule has 212 valence electrons. The third-order valence-corrected chi connectivity index (χ3v) is 6.89. The number of anilines is 3. The van der Waals surface area contributed by atoms with E-state index in [0.29, 0.717) is 40.5 Å². The normalized spacial score (nSPS) is 14.1. The number of piperazine rings is 1. The monoisotopic (exact) mass is 559 g/mol. The minimum Gasteiger partial charge on any atom is -0.491 e. The summed E-state index contributed by atoms with van der Waals surface area (Å²) < 4.78 is 34.8. The highest BCUT2D eigenvalue weighted by Crippen LogP contribution is 2.34. The number of nitrogens with one attached hydrogen (secondary N) is 2. The largest absolute Gasteiger partial charge is 0.491 e. The fourth-order valence-corrected chi connectivity index (χ4v) is 4.65. The number of likely N-dealkylation sites (N-methyl/N-ethyl adjacent to an activating group) is 1. The number of ether oxygens (including phenoxy) is 1. The Hall–Kier alpha value is -4.48. The van der Waals surface area contributed by atoms with Gasteiger partial charge in [0.05, 0.1) is 29.1 Å². The molecule has 0 bridgehead atoms. The van der Waals surface area contributed by atoms with Crippen LogP contribution in [-0.2, 0) is 4.79 Å². The van der Waals surface area contributed by atoms with Crippen molar-refractivity contribution in [1.29, 1.82) is 0 Å². The van der Waals surface area contributed by atoms with Crippen LogP contribution in [0.5, 0.6) is 5.75 Å². The molecule has 1 saturated heterocycles. The molecule has 2 aromatic heterocycles. The quantitative estimate of drug-likeness (QED) is 0.210. The van der Waals surface area contributed by atoms with Gasteiger partial charge in [-0.2, -0.15) is 0 Å². The Morgan fingerprint density at radius 2 is 1.85 bits per heavy atom. The van der Waals surface area contributed by atoms with Gasteiger partial charge >= 0.3 is 0 Å². The van der Waals surface area contributed by atoms with Gasteiger partial charge in [0.25, 0.3) is 0 Å². The second-order valence-corrected chi connectivity index (χ2v) is 9.78. The molecule has 41 heavy (non-hydrogen) atoms. The van der Waals surface area contributed by atoms with E-state index < -0.39 is 11.6 Å². The van der Waals surface area contributed by atoms with Crippen LogP contribution in [0.4, 0.5) is 26.0 Å². The highest BCUT2D eigenvalue weighted by Gasteiger charge is 2.16. The molecule has 1 aliphatic heterocycles. The van der Waals surface area contributed by atoms with E-state index in [1.165, 1.54) is 42.9 Å². The van der Waals surface area contributed by atoms with Crippen molar-refractivity contribution < 1.29 is 18.3 Å². The molecule has 1 aliphatic rings. The first kappa shape index (κ1) is 28.1. The molecule has 0 radical (unpaired) electrons. The van der Waals surface area contributed by atoms with E-state index in [9.17, 15) is 13.6 Å². The van der Waals surface area contributed by atoms with Crippen molar-refractivity contribution in [1.82, 2.24) is 24.8 Å². The number of nitrogens with zero attached hydrogens (tertiary/aromatic N) is 5. The van der Waals surface area contributed by atoms with Gasteiger partial charge in [-0.1, -0.05) is 12.6 Å². The number of fused-ring (bicyclic) bond motifs is 1. The fraction of sp³-hybridized carbons (Fsp3) is 0.267. The molecule has 0 unspecified atom stereocenters. The van der Waals surface area contributed by atoms with Crippen LogP contribution in [0.25, 0.3) is 22.2 Å². The first-order valence-corrected chi connectivity index (χ1v) is 13.3. The number of hydrogen-bond donors (Lipinski definition) is 2. The summed E-state index contributed by atoms with van der Waals surface area (Å²) in [5.74, 6) is -0.890. The van der Waals surface area contributed by atoms with Gasteiger partial charge in [0.2, 0.25) is 5.91 Å². The van der Waals surface area contributed by atoms with E-state index in [1.54, 1.807) is 18.2 Å². The van der Waals surface area contributed by atoms with Crippen LogP contribution in [0.15, 0.2) is 67.6 Å². The van der Waals surface area contributed by atoms with Crippen molar-refractivity contribution in [2.75, 3.05) is 57.0 Å². The van der Waals surface area contributed by atoms with Gasteiger partial charge in [0.15, 0.2) is 0 Å². The standard InChI is InChI=1S/C30H31F2N7O2/c1-3-28(40)37-25-17-21-24(18-27(25)41-15-5-10-39-13-11-38(2)12-14-39)34-19-35-30(21)36-20-8-9-33-26(16-20)29-22(31)6-4-7-23(29)32/h3-4,6-9,16-19H,1,5,10-15H2,2H3,(H,37,40)(H,33,34,35,36). The summed E-state index contributed by atoms with van der Waals surface area (Å²) in [6.45, 7) is 9.12. The molecule has 4 aromatic rings. The second kappa shape index (κ2) is 12.8. The molecule has 2 N–H and O–H groups in total. The van der Waals surface area contributed by atoms with Crippen LogP contribution < -0.4 is 15.4 Å². The minimum atomic E-state index is -0.708. The Morgan fingerprint density at radius 3 is 2.61 bits per heavy atom. The number of hydrogen-bond acceptors (Lipinski definition) is 8. The van der Waals surface area contributed by atoms with Crippen LogP contribution in [0.1, 0.15) is 6.42 Å². The molecule has 0 atom stereocenters. The smallest absolute Gasteiger partial charge is 0.247 e. The van der Waals surface area contributed by atoms with Crippen molar-refractivity contribution in [2.24, 2.45) is 0 Å². The van der Waals surface area contributed by atoms with Gasteiger partial charge in [-0.25, -0.2) is 18.7 Å². The average molecular weight is 560 g/mol. The molecule has 3 heterocycles. The Labute approximate surface area is 236 Å². The molecule has 2 aromatic carbocycles. The van der Waals surface area contributed by atoms with Crippen molar-refractivity contribution >= 4 is 34.0 Å². The Morgan fingerprint density at radius 1 is 1.07 bits per heavy atom. The molecule has 1 fully saturated rings. The molecule has 11 heteroatoms. The highest BCUT2D eigenvalue weighted by atomic mass is 19.1. The van der Waals surface area contributed by atoms with Gasteiger partial charge in [0, 0.05) is 56.1 Å². The van der Waals surface area contributed by atoms with E-state index in [2.05, 4.69) is 49.0 Å². The number of rotatable bonds is 10. The topological polar surface area (TPSA) is 95.5 Å². The highest BCUT2D eigenvalue weighted by molar-refractivity contribution is 6.03. The summed E-state index contributed by atoms with van der Waals surface area (Å²) in [6, 6.07) is 10.4. The molecule has 0 saturated carbocycles. The summed E-state index contributed by atoms with van der Waals surface area (Å²) in [6.07, 6.45) is 4.88. The average Bonchev–Trinajstić information content (AvgIpc) is 2.97. The zero-order valence-electron chi connectivity index (χ0n) is 22.7. The van der Waals surface area contributed by atoms with Gasteiger partial charge < -0.3 is 25.2 Å². The van der Waals surface area contributed by atoms with Crippen LogP contribution in [0, 0.1) is 11.6 Å². The maximum Gasteiger partial charge on any atom is 0.247 e. The fourth-order valence-electron chi connectivity index (χ4n) is 4.65. The zero-order valence-corrected chi connectivity index (χ0v) is 22.7. The van der Waals surface area contributed by atoms with Gasteiger partial charge in [0.1, 0.15) is 29.5 Å². The van der Waals surface area contributed by atoms with Crippen LogP contribution in [0.2, 0.25) is 0 Å². The van der Waals surface area contributed by atoms with Crippen LogP contribution in [0.3, 0.4) is 0 Å². The van der Waals surface area contributed by atoms with Crippen LogP contribution >= 0.6 is 0 Å². The molecular formula is C30H31F2N7O2. The van der Waals surface area contributed by atoms with E-state index in [-0.39, 0.29) is 17.2 Å².